The number of aliphatic hydroxyl groups excluding tert-OH is 3. The van der Waals surface area contributed by atoms with Gasteiger partial charge in [0.05, 0.1) is 31.8 Å². The Morgan fingerprint density at radius 3 is 1.41 bits per heavy atom. The lowest BCUT2D eigenvalue weighted by atomic mass is 10.0. The summed E-state index contributed by atoms with van der Waals surface area (Å²) in [4.78, 5) is 139. The smallest absolute Gasteiger partial charge is 0.326 e. The molecule has 27 heteroatoms. The maximum absolute atomic E-state index is 13.5. The first kappa shape index (κ1) is 58.4. The zero-order valence-corrected chi connectivity index (χ0v) is 37.7. The third-order valence-electron chi connectivity index (χ3n) is 9.00. The highest BCUT2D eigenvalue weighted by Gasteiger charge is 2.36. The van der Waals surface area contributed by atoms with Gasteiger partial charge in [0.15, 0.2) is 0 Å². The second kappa shape index (κ2) is 28.2. The molecule has 0 radical (unpaired) electrons. The molecule has 0 heterocycles. The first-order valence-corrected chi connectivity index (χ1v) is 20.7. The minimum Gasteiger partial charge on any atom is -0.481 e. The van der Waals surface area contributed by atoms with E-state index in [1.807, 2.05) is 5.32 Å². The van der Waals surface area contributed by atoms with Crippen molar-refractivity contribution < 1.29 is 78.3 Å². The van der Waals surface area contributed by atoms with Crippen molar-refractivity contribution in [2.24, 2.45) is 17.6 Å². The van der Waals surface area contributed by atoms with Gasteiger partial charge in [-0.25, -0.2) is 4.79 Å². The van der Waals surface area contributed by atoms with Gasteiger partial charge in [-0.3, -0.25) is 47.9 Å². The average molecular weight is 937 g/mol. The number of carbonyl (C=O) groups excluding carboxylic acids is 9. The number of amides is 9. The Kier molecular flexibility index (Phi) is 25.7. The molecule has 11 atom stereocenters. The second-order valence-corrected chi connectivity index (χ2v) is 16.0. The van der Waals surface area contributed by atoms with Crippen LogP contribution in [0.4, 0.5) is 0 Å². The van der Waals surface area contributed by atoms with Crippen molar-refractivity contribution in [3.63, 3.8) is 0 Å². The van der Waals surface area contributed by atoms with Gasteiger partial charge in [0.25, 0.3) is 0 Å². The summed E-state index contributed by atoms with van der Waals surface area (Å²) < 4.78 is 0. The number of thiol groups is 1. The molecule has 16 N–H and O–H groups in total. The number of aliphatic carboxylic acids is 2. The van der Waals surface area contributed by atoms with E-state index in [-0.39, 0.29) is 18.1 Å². The van der Waals surface area contributed by atoms with Gasteiger partial charge >= 0.3 is 11.9 Å². The number of rotatable bonds is 28. The van der Waals surface area contributed by atoms with Crippen molar-refractivity contribution in [2.75, 3.05) is 18.9 Å². The van der Waals surface area contributed by atoms with E-state index in [1.165, 1.54) is 34.6 Å². The largest absolute Gasteiger partial charge is 0.481 e. The Balaban J connectivity index is 5.83. The summed E-state index contributed by atoms with van der Waals surface area (Å²) in [5.74, 6) is -13.0. The van der Waals surface area contributed by atoms with Crippen LogP contribution in [0, 0.1) is 11.8 Å². The molecule has 0 saturated heterocycles. The van der Waals surface area contributed by atoms with Crippen LogP contribution in [0.3, 0.4) is 0 Å². The first-order chi connectivity index (χ1) is 29.6. The van der Waals surface area contributed by atoms with E-state index in [2.05, 4.69) is 55.2 Å². The van der Waals surface area contributed by atoms with E-state index in [4.69, 9.17) is 15.9 Å². The molecule has 0 aromatic heterocycles. The van der Waals surface area contributed by atoms with Crippen molar-refractivity contribution in [1.29, 1.82) is 0 Å². The van der Waals surface area contributed by atoms with Crippen LogP contribution in [-0.4, -0.2) is 176 Å². The van der Waals surface area contributed by atoms with Crippen LogP contribution in [0.15, 0.2) is 0 Å². The molecule has 9 amide bonds. The molecule has 0 aliphatic carbocycles. The molecule has 64 heavy (non-hydrogen) atoms. The van der Waals surface area contributed by atoms with Gasteiger partial charge < -0.3 is 79.1 Å². The van der Waals surface area contributed by atoms with Crippen LogP contribution in [0.2, 0.25) is 0 Å². The predicted molar refractivity (Wildman–Crippen MR) is 226 cm³/mol. The SMILES string of the molecule is CC(C)C[C@H](NC(=O)[C@H](CS)NC(=O)[C@@H](NC(=O)[C@@H](NC(=O)[C@H](C)NC(=O)[C@@H](NC(=O)CNC(=O)[C@@H](N)CO)[C@@H](C)O)C(C)C)[C@@H](C)O)C(=O)N[C@@H](C)C(=O)N[C@@H](CC(=O)O)C(=O)O. The number of carboxylic acids is 2. The van der Waals surface area contributed by atoms with E-state index < -0.39 is 157 Å². The van der Waals surface area contributed by atoms with Crippen molar-refractivity contribution in [2.45, 2.75) is 135 Å². The Morgan fingerprint density at radius 1 is 0.531 bits per heavy atom. The maximum Gasteiger partial charge on any atom is 0.326 e. The minimum absolute atomic E-state index is 0.00809. The highest BCUT2D eigenvalue weighted by atomic mass is 32.1. The number of hydrogen-bond acceptors (Lipinski definition) is 16. The first-order valence-electron chi connectivity index (χ1n) is 20.1. The Labute approximate surface area is 374 Å². The van der Waals surface area contributed by atoms with E-state index in [9.17, 15) is 68.1 Å². The summed E-state index contributed by atoms with van der Waals surface area (Å²) in [5, 5.41) is 68.3. The third-order valence-corrected chi connectivity index (χ3v) is 9.37. The van der Waals surface area contributed by atoms with Crippen LogP contribution in [-0.2, 0) is 52.7 Å². The van der Waals surface area contributed by atoms with Gasteiger partial charge in [0, 0.05) is 5.75 Å². The molecule has 0 aliphatic heterocycles. The van der Waals surface area contributed by atoms with Crippen LogP contribution < -0.4 is 53.6 Å². The third kappa shape index (κ3) is 20.7. The summed E-state index contributed by atoms with van der Waals surface area (Å²) >= 11 is 4.12. The molecule has 0 aromatic carbocycles. The predicted octanol–water partition coefficient (Wildman–Crippen LogP) is -6.71. The van der Waals surface area contributed by atoms with E-state index in [1.54, 1.807) is 13.8 Å². The average Bonchev–Trinajstić information content (AvgIpc) is 3.19. The number of hydrogen-bond donors (Lipinski definition) is 16. The van der Waals surface area contributed by atoms with Crippen LogP contribution >= 0.6 is 12.6 Å². The monoisotopic (exact) mass is 936 g/mol. The molecule has 0 spiro atoms. The quantitative estimate of drug-likeness (QED) is 0.0324. The molecule has 0 bridgehead atoms. The van der Waals surface area contributed by atoms with Gasteiger partial charge in [-0.1, -0.05) is 27.7 Å². The van der Waals surface area contributed by atoms with Crippen molar-refractivity contribution in [1.82, 2.24) is 47.9 Å². The molecule has 0 aromatic rings. The topological polar surface area (TPSA) is 423 Å². The molecule has 0 fully saturated rings. The number of aliphatic hydroxyl groups is 3. The standard InChI is InChI=1S/C37H64N10O16S/c1-14(2)9-21(32(57)40-16(5)29(54)43-22(37(62)63)10-25(52)53)42-33(58)23(13-64)44-36(61)28(19(8)50)47-34(59)26(15(3)4)46-30(55)17(6)41-35(60)27(18(7)49)45-24(51)11-39-31(56)20(38)12-48/h14-23,26-28,48-50,64H,9-13,38H2,1-8H3,(H,39,56)(H,40,57)(H,41,60)(H,42,58)(H,43,54)(H,44,61)(H,45,51)(H,46,55)(H,47,59)(H,52,53)(H,62,63)/t16-,17-,18+,19+,20-,21-,22-,23-,26-,27-,28-/m0/s1. The van der Waals surface area contributed by atoms with E-state index in [0.29, 0.717) is 0 Å². The fourth-order valence-corrected chi connectivity index (χ4v) is 5.58. The van der Waals surface area contributed by atoms with Gasteiger partial charge in [0.1, 0.15) is 54.4 Å². The molecule has 0 rings (SSSR count). The second-order valence-electron chi connectivity index (χ2n) is 15.6. The molecule has 0 saturated carbocycles. The Bertz CT molecular complexity index is 1680. The maximum atomic E-state index is 13.5. The number of nitrogens with one attached hydrogen (secondary N) is 9. The van der Waals surface area contributed by atoms with Gasteiger partial charge in [0.2, 0.25) is 53.2 Å². The van der Waals surface area contributed by atoms with Crippen LogP contribution in [0.5, 0.6) is 0 Å². The molecular weight excluding hydrogens is 873 g/mol. The summed E-state index contributed by atoms with van der Waals surface area (Å²) in [5.41, 5.74) is 5.36. The van der Waals surface area contributed by atoms with Crippen LogP contribution in [0.25, 0.3) is 0 Å². The van der Waals surface area contributed by atoms with E-state index in [0.717, 1.165) is 6.92 Å². The number of nitrogens with two attached hydrogens (primary N) is 1. The summed E-state index contributed by atoms with van der Waals surface area (Å²) in [7, 11) is 0. The Morgan fingerprint density at radius 2 is 0.953 bits per heavy atom. The molecule has 0 unspecified atom stereocenters. The fourth-order valence-electron chi connectivity index (χ4n) is 5.32. The zero-order valence-electron chi connectivity index (χ0n) is 36.8. The van der Waals surface area contributed by atoms with Gasteiger partial charge in [-0.2, -0.15) is 12.6 Å². The lowest BCUT2D eigenvalue weighted by Crippen LogP contribution is -2.63. The number of carbonyl (C=O) groups is 11. The highest BCUT2D eigenvalue weighted by Crippen LogP contribution is 2.09. The molecule has 26 nitrogen and oxygen atoms in total. The zero-order chi connectivity index (χ0) is 49.8. The molecule has 0 aliphatic rings. The van der Waals surface area contributed by atoms with E-state index >= 15 is 0 Å². The highest BCUT2D eigenvalue weighted by molar-refractivity contribution is 7.80. The Hall–Kier alpha value is -5.64. The fraction of sp³-hybridized carbons (Fsp3) is 0.703. The summed E-state index contributed by atoms with van der Waals surface area (Å²) in [6.45, 7) is 9.86. The molecule has 364 valence electrons. The lowest BCUT2D eigenvalue weighted by molar-refractivity contribution is -0.147. The normalized spacial score (nSPS) is 16.3. The lowest BCUT2D eigenvalue weighted by Gasteiger charge is -2.29. The van der Waals surface area contributed by atoms with Crippen molar-refractivity contribution in [3.8, 4) is 0 Å². The summed E-state index contributed by atoms with van der Waals surface area (Å²) in [6, 6.07) is -13.4. The van der Waals surface area contributed by atoms with Crippen LogP contribution in [0.1, 0.15) is 68.2 Å². The van der Waals surface area contributed by atoms with Gasteiger partial charge in [-0.15, -0.1) is 0 Å². The van der Waals surface area contributed by atoms with Crippen molar-refractivity contribution in [3.05, 3.63) is 0 Å². The number of carboxylic acid groups (broad SMARTS) is 2. The van der Waals surface area contributed by atoms with Gasteiger partial charge in [-0.05, 0) is 46.0 Å². The van der Waals surface area contributed by atoms with Crippen molar-refractivity contribution >= 4 is 77.7 Å². The minimum atomic E-state index is -1.79. The summed E-state index contributed by atoms with van der Waals surface area (Å²) in [6.07, 6.45) is -4.02. The molecular formula is C37H64N10O16S.